The molecule has 0 radical (unpaired) electrons. The van der Waals surface area contributed by atoms with E-state index in [0.717, 1.165) is 16.7 Å². The molecule has 3 rings (SSSR count). The van der Waals surface area contributed by atoms with Crippen LogP contribution in [-0.4, -0.2) is 19.1 Å². The molecule has 0 unspecified atom stereocenters. The Kier molecular flexibility index (Phi) is 2.75. The average molecular weight is 252 g/mol. The summed E-state index contributed by atoms with van der Waals surface area (Å²) in [6, 6.07) is 15.2. The lowest BCUT2D eigenvalue weighted by atomic mass is 10.0. The third-order valence-electron chi connectivity index (χ3n) is 3.14. The van der Waals surface area contributed by atoms with Crippen LogP contribution in [0.25, 0.3) is 22.2 Å². The molecule has 0 fully saturated rings. The molecule has 3 aromatic rings. The number of nitrogens with zero attached hydrogens (tertiary/aromatic N) is 2. The molecule has 0 aliphatic rings. The molecule has 2 aromatic carbocycles. The molecule has 0 saturated heterocycles. The Hall–Kier alpha value is -2.29. The van der Waals surface area contributed by atoms with Gasteiger partial charge in [-0.15, -0.1) is 0 Å². The van der Waals surface area contributed by atoms with E-state index >= 15 is 0 Å². The van der Waals surface area contributed by atoms with E-state index in [2.05, 4.69) is 48.3 Å². The molecular weight excluding hydrogens is 236 g/mol. The molecule has 1 aromatic heterocycles. The van der Waals surface area contributed by atoms with Gasteiger partial charge in [-0.1, -0.05) is 35.9 Å². The molecule has 0 bridgehead atoms. The normalized spacial score (nSPS) is 10.9. The molecule has 0 saturated carbocycles. The minimum Gasteiger partial charge on any atom is -0.423 e. The van der Waals surface area contributed by atoms with Gasteiger partial charge in [0.25, 0.3) is 6.01 Å². The zero-order valence-corrected chi connectivity index (χ0v) is 11.3. The van der Waals surface area contributed by atoms with Crippen LogP contribution in [0.3, 0.4) is 0 Å². The van der Waals surface area contributed by atoms with Crippen molar-refractivity contribution in [3.63, 3.8) is 0 Å². The van der Waals surface area contributed by atoms with E-state index in [4.69, 9.17) is 4.42 Å². The van der Waals surface area contributed by atoms with Gasteiger partial charge in [0, 0.05) is 14.1 Å². The molecule has 96 valence electrons. The predicted molar refractivity (Wildman–Crippen MR) is 78.5 cm³/mol. The number of hydrogen-bond acceptors (Lipinski definition) is 3. The van der Waals surface area contributed by atoms with E-state index in [1.807, 2.05) is 25.1 Å². The SMILES string of the molecule is Cc1ccc(-c2ccc3oc(N(C)C)nc3c2)cc1. The van der Waals surface area contributed by atoms with Gasteiger partial charge in [0.1, 0.15) is 5.52 Å². The highest BCUT2D eigenvalue weighted by Gasteiger charge is 2.08. The Balaban J connectivity index is 2.08. The van der Waals surface area contributed by atoms with Gasteiger partial charge in [0.2, 0.25) is 0 Å². The van der Waals surface area contributed by atoms with Crippen LogP contribution in [0.2, 0.25) is 0 Å². The second kappa shape index (κ2) is 4.43. The molecular formula is C16H16N2O. The first-order valence-corrected chi connectivity index (χ1v) is 6.28. The fourth-order valence-corrected chi connectivity index (χ4v) is 2.03. The first-order chi connectivity index (χ1) is 9.13. The third kappa shape index (κ3) is 2.19. The molecule has 0 N–H and O–H groups in total. The summed E-state index contributed by atoms with van der Waals surface area (Å²) in [6.45, 7) is 2.09. The molecule has 1 heterocycles. The number of oxazole rings is 1. The average Bonchev–Trinajstić information content (AvgIpc) is 2.82. The largest absolute Gasteiger partial charge is 0.423 e. The van der Waals surface area contributed by atoms with E-state index < -0.39 is 0 Å². The van der Waals surface area contributed by atoms with Crippen LogP contribution in [0.15, 0.2) is 46.9 Å². The van der Waals surface area contributed by atoms with Crippen LogP contribution < -0.4 is 4.90 Å². The van der Waals surface area contributed by atoms with Gasteiger partial charge >= 0.3 is 0 Å². The molecule has 0 aliphatic carbocycles. The van der Waals surface area contributed by atoms with Gasteiger partial charge in [-0.05, 0) is 30.2 Å². The number of aromatic nitrogens is 1. The Morgan fingerprint density at radius 3 is 2.32 bits per heavy atom. The topological polar surface area (TPSA) is 29.3 Å². The van der Waals surface area contributed by atoms with Gasteiger partial charge in [-0.2, -0.15) is 4.98 Å². The lowest BCUT2D eigenvalue weighted by Gasteiger charge is -2.03. The Bertz CT molecular complexity index is 711. The van der Waals surface area contributed by atoms with E-state index in [1.54, 1.807) is 0 Å². The van der Waals surface area contributed by atoms with E-state index in [1.165, 1.54) is 11.1 Å². The van der Waals surface area contributed by atoms with Crippen molar-refractivity contribution >= 4 is 17.1 Å². The number of rotatable bonds is 2. The van der Waals surface area contributed by atoms with E-state index in [-0.39, 0.29) is 0 Å². The summed E-state index contributed by atoms with van der Waals surface area (Å²) in [4.78, 5) is 6.34. The molecule has 3 nitrogen and oxygen atoms in total. The summed E-state index contributed by atoms with van der Waals surface area (Å²) < 4.78 is 5.65. The molecule has 0 atom stereocenters. The third-order valence-corrected chi connectivity index (χ3v) is 3.14. The van der Waals surface area contributed by atoms with E-state index in [0.29, 0.717) is 6.01 Å². The minimum atomic E-state index is 0.635. The summed E-state index contributed by atoms with van der Waals surface area (Å²) in [6.07, 6.45) is 0. The highest BCUT2D eigenvalue weighted by Crippen LogP contribution is 2.27. The molecule has 0 aliphatic heterocycles. The molecule has 3 heteroatoms. The zero-order chi connectivity index (χ0) is 13.4. The number of hydrogen-bond donors (Lipinski definition) is 0. The maximum absolute atomic E-state index is 5.65. The van der Waals surface area contributed by atoms with Gasteiger partial charge in [-0.25, -0.2) is 0 Å². The Morgan fingerprint density at radius 2 is 1.63 bits per heavy atom. The summed E-state index contributed by atoms with van der Waals surface area (Å²) in [5.41, 5.74) is 5.33. The highest BCUT2D eigenvalue weighted by molar-refractivity contribution is 5.81. The van der Waals surface area contributed by atoms with Crippen molar-refractivity contribution in [1.29, 1.82) is 0 Å². The first-order valence-electron chi connectivity index (χ1n) is 6.28. The van der Waals surface area contributed by atoms with Gasteiger partial charge in [-0.3, -0.25) is 0 Å². The van der Waals surface area contributed by atoms with Crippen LogP contribution in [0.1, 0.15) is 5.56 Å². The standard InChI is InChI=1S/C16H16N2O/c1-11-4-6-12(7-5-11)13-8-9-15-14(10-13)17-16(19-15)18(2)3/h4-10H,1-3H3. The van der Waals surface area contributed by atoms with Crippen LogP contribution in [0, 0.1) is 6.92 Å². The molecule has 0 spiro atoms. The number of fused-ring (bicyclic) bond motifs is 1. The fraction of sp³-hybridized carbons (Fsp3) is 0.188. The minimum absolute atomic E-state index is 0.635. The number of benzene rings is 2. The second-order valence-corrected chi connectivity index (χ2v) is 4.94. The van der Waals surface area contributed by atoms with Gasteiger partial charge < -0.3 is 9.32 Å². The monoisotopic (exact) mass is 252 g/mol. The van der Waals surface area contributed by atoms with Crippen LogP contribution in [0.5, 0.6) is 0 Å². The number of anilines is 1. The summed E-state index contributed by atoms with van der Waals surface area (Å²) in [5.74, 6) is 0. The van der Waals surface area contributed by atoms with Crippen molar-refractivity contribution in [2.45, 2.75) is 6.92 Å². The number of aryl methyl sites for hydroxylation is 1. The van der Waals surface area contributed by atoms with Crippen LogP contribution >= 0.6 is 0 Å². The van der Waals surface area contributed by atoms with Crippen LogP contribution in [-0.2, 0) is 0 Å². The first kappa shape index (κ1) is 11.8. The maximum atomic E-state index is 5.65. The van der Waals surface area contributed by atoms with Crippen LogP contribution in [0.4, 0.5) is 6.01 Å². The Morgan fingerprint density at radius 1 is 0.947 bits per heavy atom. The highest BCUT2D eigenvalue weighted by atomic mass is 16.4. The zero-order valence-electron chi connectivity index (χ0n) is 11.3. The van der Waals surface area contributed by atoms with Crippen molar-refractivity contribution in [3.05, 3.63) is 48.0 Å². The summed E-state index contributed by atoms with van der Waals surface area (Å²) in [7, 11) is 3.84. The van der Waals surface area contributed by atoms with Crippen molar-refractivity contribution < 1.29 is 4.42 Å². The van der Waals surface area contributed by atoms with Crippen molar-refractivity contribution in [1.82, 2.24) is 4.98 Å². The quantitative estimate of drug-likeness (QED) is 0.693. The lowest BCUT2D eigenvalue weighted by molar-refractivity contribution is 0.597. The van der Waals surface area contributed by atoms with Gasteiger partial charge in [0.15, 0.2) is 5.58 Å². The lowest BCUT2D eigenvalue weighted by Crippen LogP contribution is -2.08. The van der Waals surface area contributed by atoms with E-state index in [9.17, 15) is 0 Å². The Labute approximate surface area is 112 Å². The van der Waals surface area contributed by atoms with Gasteiger partial charge in [0.05, 0.1) is 0 Å². The maximum Gasteiger partial charge on any atom is 0.297 e. The smallest absolute Gasteiger partial charge is 0.297 e. The van der Waals surface area contributed by atoms with Crippen molar-refractivity contribution in [2.24, 2.45) is 0 Å². The molecule has 0 amide bonds. The summed E-state index contributed by atoms with van der Waals surface area (Å²) in [5, 5.41) is 0. The molecule has 19 heavy (non-hydrogen) atoms. The van der Waals surface area contributed by atoms with Crippen molar-refractivity contribution in [2.75, 3.05) is 19.0 Å². The fourth-order valence-electron chi connectivity index (χ4n) is 2.03. The summed E-state index contributed by atoms with van der Waals surface area (Å²) >= 11 is 0. The second-order valence-electron chi connectivity index (χ2n) is 4.94. The predicted octanol–water partition coefficient (Wildman–Crippen LogP) is 3.87. The van der Waals surface area contributed by atoms with Crippen molar-refractivity contribution in [3.8, 4) is 11.1 Å².